The van der Waals surface area contributed by atoms with Crippen molar-refractivity contribution in [3.05, 3.63) is 71.2 Å². The molecule has 0 amide bonds. The standard InChI is InChI=1S/C24H19F3N4/c1-24(2,3)13-6-4-12(5-7-13)19-16(10-28)21(31-23(29)20(19)27)17-11-30-22-15(17)8-14(25)9-18(22)26/h4-9,11,30H,1-3H3,(H2,29,31). The zero-order valence-electron chi connectivity index (χ0n) is 17.1. The number of nitrogens with zero attached hydrogens (tertiary/aromatic N) is 2. The van der Waals surface area contributed by atoms with E-state index < -0.39 is 23.3 Å². The average Bonchev–Trinajstić information content (AvgIpc) is 3.13. The lowest BCUT2D eigenvalue weighted by Crippen LogP contribution is -2.10. The largest absolute Gasteiger partial charge is 0.381 e. The van der Waals surface area contributed by atoms with Crippen LogP contribution in [0.5, 0.6) is 0 Å². The number of aromatic amines is 1. The fraction of sp³-hybridized carbons (Fsp3) is 0.167. The second-order valence-corrected chi connectivity index (χ2v) is 8.36. The molecule has 0 aliphatic rings. The van der Waals surface area contributed by atoms with Gasteiger partial charge in [0.2, 0.25) is 0 Å². The van der Waals surface area contributed by atoms with E-state index in [1.54, 1.807) is 12.1 Å². The minimum absolute atomic E-state index is 0.00307. The number of nitrogens with two attached hydrogens (primary N) is 1. The first-order valence-corrected chi connectivity index (χ1v) is 9.58. The molecule has 0 saturated carbocycles. The van der Waals surface area contributed by atoms with E-state index in [9.17, 15) is 14.0 Å². The van der Waals surface area contributed by atoms with Gasteiger partial charge in [0.15, 0.2) is 11.6 Å². The Balaban J connectivity index is 2.00. The van der Waals surface area contributed by atoms with E-state index in [1.807, 2.05) is 18.2 Å². The monoisotopic (exact) mass is 420 g/mol. The SMILES string of the molecule is CC(C)(C)c1ccc(-c2c(F)c(N)nc(-c3c[nH]c4c(F)cc(F)cc34)c2C#N)cc1. The highest BCUT2D eigenvalue weighted by atomic mass is 19.1. The van der Waals surface area contributed by atoms with Gasteiger partial charge in [0.1, 0.15) is 17.7 Å². The van der Waals surface area contributed by atoms with Crippen molar-refractivity contribution >= 4 is 16.7 Å². The Morgan fingerprint density at radius 1 is 1.06 bits per heavy atom. The summed E-state index contributed by atoms with van der Waals surface area (Å²) in [4.78, 5) is 6.78. The van der Waals surface area contributed by atoms with Gasteiger partial charge in [-0.05, 0) is 22.6 Å². The maximum atomic E-state index is 15.1. The van der Waals surface area contributed by atoms with Gasteiger partial charge in [-0.1, -0.05) is 45.0 Å². The van der Waals surface area contributed by atoms with E-state index in [4.69, 9.17) is 5.73 Å². The minimum atomic E-state index is -0.819. The summed E-state index contributed by atoms with van der Waals surface area (Å²) >= 11 is 0. The molecule has 2 heterocycles. The van der Waals surface area contributed by atoms with Crippen LogP contribution in [0.25, 0.3) is 33.3 Å². The quantitative estimate of drug-likeness (QED) is 0.413. The fourth-order valence-corrected chi connectivity index (χ4v) is 3.64. The summed E-state index contributed by atoms with van der Waals surface area (Å²) in [6, 6.07) is 11.0. The van der Waals surface area contributed by atoms with Crippen molar-refractivity contribution in [2.45, 2.75) is 26.2 Å². The molecule has 7 heteroatoms. The lowest BCUT2D eigenvalue weighted by atomic mass is 9.85. The van der Waals surface area contributed by atoms with Gasteiger partial charge in [-0.15, -0.1) is 0 Å². The summed E-state index contributed by atoms with van der Waals surface area (Å²) in [5.41, 5.74) is 7.52. The molecule has 2 aromatic heterocycles. The Morgan fingerprint density at radius 2 is 1.74 bits per heavy atom. The van der Waals surface area contributed by atoms with Crippen molar-refractivity contribution in [3.63, 3.8) is 0 Å². The third-order valence-corrected chi connectivity index (χ3v) is 5.28. The molecule has 4 rings (SSSR count). The number of hydrogen-bond donors (Lipinski definition) is 2. The van der Waals surface area contributed by atoms with E-state index in [1.165, 1.54) is 6.20 Å². The van der Waals surface area contributed by atoms with Gasteiger partial charge in [-0.3, -0.25) is 0 Å². The number of anilines is 1. The number of hydrogen-bond acceptors (Lipinski definition) is 3. The van der Waals surface area contributed by atoms with E-state index in [0.717, 1.165) is 17.7 Å². The first-order valence-electron chi connectivity index (χ1n) is 9.58. The zero-order valence-corrected chi connectivity index (χ0v) is 17.1. The summed E-state index contributed by atoms with van der Waals surface area (Å²) in [6.45, 7) is 6.17. The summed E-state index contributed by atoms with van der Waals surface area (Å²) in [5, 5.41) is 10.1. The molecule has 2 aromatic carbocycles. The first-order chi connectivity index (χ1) is 14.6. The first kappa shape index (κ1) is 20.5. The highest BCUT2D eigenvalue weighted by Crippen LogP contribution is 2.38. The molecule has 0 unspecified atom stereocenters. The van der Waals surface area contributed by atoms with E-state index >= 15 is 4.39 Å². The molecule has 0 aliphatic carbocycles. The molecule has 31 heavy (non-hydrogen) atoms. The van der Waals surface area contributed by atoms with Gasteiger partial charge < -0.3 is 10.7 Å². The molecular weight excluding hydrogens is 401 g/mol. The van der Waals surface area contributed by atoms with Gasteiger partial charge >= 0.3 is 0 Å². The Bertz CT molecular complexity index is 1360. The van der Waals surface area contributed by atoms with Crippen LogP contribution in [0, 0.1) is 28.8 Å². The van der Waals surface area contributed by atoms with Crippen LogP contribution >= 0.6 is 0 Å². The molecule has 0 spiro atoms. The van der Waals surface area contributed by atoms with E-state index in [0.29, 0.717) is 5.56 Å². The number of nitriles is 1. The van der Waals surface area contributed by atoms with Gasteiger partial charge in [-0.25, -0.2) is 18.2 Å². The van der Waals surface area contributed by atoms with Crippen LogP contribution in [0.15, 0.2) is 42.6 Å². The average molecular weight is 420 g/mol. The Morgan fingerprint density at radius 3 is 2.35 bits per heavy atom. The van der Waals surface area contributed by atoms with Gasteiger partial charge in [0.25, 0.3) is 0 Å². The number of halogens is 3. The number of H-pyrrole nitrogens is 1. The topological polar surface area (TPSA) is 78.5 Å². The maximum Gasteiger partial charge on any atom is 0.174 e. The van der Waals surface area contributed by atoms with Crippen molar-refractivity contribution in [3.8, 4) is 28.5 Å². The summed E-state index contributed by atoms with van der Waals surface area (Å²) in [6.07, 6.45) is 1.40. The van der Waals surface area contributed by atoms with Crippen LogP contribution in [-0.4, -0.2) is 9.97 Å². The van der Waals surface area contributed by atoms with E-state index in [2.05, 4.69) is 30.7 Å². The van der Waals surface area contributed by atoms with Crippen LogP contribution in [-0.2, 0) is 5.41 Å². The zero-order chi connectivity index (χ0) is 22.5. The molecule has 4 aromatic rings. The van der Waals surface area contributed by atoms with Crippen LogP contribution in [0.4, 0.5) is 19.0 Å². The fourth-order valence-electron chi connectivity index (χ4n) is 3.64. The van der Waals surface area contributed by atoms with Crippen LogP contribution in [0.1, 0.15) is 31.9 Å². The smallest absolute Gasteiger partial charge is 0.174 e. The molecule has 0 fully saturated rings. The second kappa shape index (κ2) is 7.17. The summed E-state index contributed by atoms with van der Waals surface area (Å²) in [7, 11) is 0. The number of nitrogens with one attached hydrogen (secondary N) is 1. The third kappa shape index (κ3) is 3.40. The van der Waals surface area contributed by atoms with Gasteiger partial charge in [0, 0.05) is 28.8 Å². The Kier molecular flexibility index (Phi) is 4.74. The van der Waals surface area contributed by atoms with Crippen molar-refractivity contribution in [1.29, 1.82) is 5.26 Å². The summed E-state index contributed by atoms with van der Waals surface area (Å²) < 4.78 is 43.1. The maximum absolute atomic E-state index is 15.1. The minimum Gasteiger partial charge on any atom is -0.381 e. The molecule has 0 aliphatic heterocycles. The van der Waals surface area contributed by atoms with Crippen molar-refractivity contribution in [2.75, 3.05) is 5.73 Å². The van der Waals surface area contributed by atoms with Crippen molar-refractivity contribution < 1.29 is 13.2 Å². The molecule has 0 bridgehead atoms. The molecule has 0 radical (unpaired) electrons. The Hall–Kier alpha value is -3.79. The highest BCUT2D eigenvalue weighted by Gasteiger charge is 2.24. The molecule has 4 nitrogen and oxygen atoms in total. The molecule has 156 valence electrons. The van der Waals surface area contributed by atoms with Crippen molar-refractivity contribution in [2.24, 2.45) is 0 Å². The Labute approximate surface area is 177 Å². The molecule has 3 N–H and O–H groups in total. The van der Waals surface area contributed by atoms with Gasteiger partial charge in [0.05, 0.1) is 16.8 Å². The van der Waals surface area contributed by atoms with Gasteiger partial charge in [-0.2, -0.15) is 5.26 Å². The second-order valence-electron chi connectivity index (χ2n) is 8.36. The predicted octanol–water partition coefficient (Wildman–Crippen LogP) is 6.07. The number of nitrogen functional groups attached to an aromatic ring is 1. The number of fused-ring (bicyclic) bond motifs is 1. The normalized spacial score (nSPS) is 11.6. The van der Waals surface area contributed by atoms with Crippen LogP contribution in [0.2, 0.25) is 0 Å². The number of rotatable bonds is 2. The molecular formula is C24H19F3N4. The predicted molar refractivity (Wildman–Crippen MR) is 115 cm³/mol. The highest BCUT2D eigenvalue weighted by molar-refractivity contribution is 5.98. The number of aromatic nitrogens is 2. The van der Waals surface area contributed by atoms with E-state index in [-0.39, 0.29) is 38.7 Å². The lowest BCUT2D eigenvalue weighted by Gasteiger charge is -2.19. The van der Waals surface area contributed by atoms with Crippen LogP contribution in [0.3, 0.4) is 0 Å². The molecule has 0 atom stereocenters. The van der Waals surface area contributed by atoms with Crippen molar-refractivity contribution in [1.82, 2.24) is 9.97 Å². The molecule has 0 saturated heterocycles. The number of benzene rings is 2. The summed E-state index contributed by atoms with van der Waals surface area (Å²) in [5.74, 6) is -2.79. The third-order valence-electron chi connectivity index (χ3n) is 5.28. The number of pyridine rings is 1. The van der Waals surface area contributed by atoms with Crippen LogP contribution < -0.4 is 5.73 Å². The lowest BCUT2D eigenvalue weighted by molar-refractivity contribution is 0.590.